The molecule has 26 heavy (non-hydrogen) atoms. The molecule has 0 unspecified atom stereocenters. The van der Waals surface area contributed by atoms with Crippen molar-refractivity contribution >= 4 is 40.1 Å². The molecule has 5 nitrogen and oxygen atoms in total. The zero-order chi connectivity index (χ0) is 18.4. The number of halogens is 1. The Morgan fingerprint density at radius 2 is 2.04 bits per heavy atom. The largest absolute Gasteiger partial charge is 0.374 e. The van der Waals surface area contributed by atoms with Crippen LogP contribution in [0.4, 0.5) is 11.4 Å². The number of nitriles is 1. The van der Waals surface area contributed by atoms with Crippen LogP contribution in [-0.2, 0) is 0 Å². The maximum Gasteiger partial charge on any atom is 0.0738 e. The monoisotopic (exact) mass is 363 g/mol. The van der Waals surface area contributed by atoms with E-state index < -0.39 is 0 Å². The van der Waals surface area contributed by atoms with Gasteiger partial charge < -0.3 is 4.90 Å². The Morgan fingerprint density at radius 1 is 1.23 bits per heavy atom. The van der Waals surface area contributed by atoms with Crippen molar-refractivity contribution in [1.29, 1.82) is 5.26 Å². The normalized spacial score (nSPS) is 10.8. The van der Waals surface area contributed by atoms with Gasteiger partial charge in [0.05, 0.1) is 29.9 Å². The number of aromatic nitrogens is 1. The van der Waals surface area contributed by atoms with Gasteiger partial charge >= 0.3 is 0 Å². The highest BCUT2D eigenvalue weighted by atomic mass is 35.5. The molecule has 0 amide bonds. The van der Waals surface area contributed by atoms with Gasteiger partial charge in [-0.1, -0.05) is 23.7 Å². The fraction of sp³-hybridized carbons (Fsp3) is 0.150. The van der Waals surface area contributed by atoms with Gasteiger partial charge in [0.1, 0.15) is 0 Å². The fourth-order valence-electron chi connectivity index (χ4n) is 2.56. The van der Waals surface area contributed by atoms with E-state index in [0.717, 1.165) is 27.8 Å². The first-order chi connectivity index (χ1) is 12.7. The highest BCUT2D eigenvalue weighted by Crippen LogP contribution is 2.24. The van der Waals surface area contributed by atoms with Gasteiger partial charge in [0.15, 0.2) is 0 Å². The summed E-state index contributed by atoms with van der Waals surface area (Å²) < 4.78 is 0. The van der Waals surface area contributed by atoms with E-state index in [4.69, 9.17) is 16.9 Å². The van der Waals surface area contributed by atoms with Gasteiger partial charge in [-0.3, -0.25) is 10.4 Å². The summed E-state index contributed by atoms with van der Waals surface area (Å²) in [5.41, 5.74) is 6.81. The quantitative estimate of drug-likeness (QED) is 0.510. The Kier molecular flexibility index (Phi) is 5.67. The van der Waals surface area contributed by atoms with E-state index >= 15 is 0 Å². The molecule has 0 spiro atoms. The molecule has 0 radical (unpaired) electrons. The second kappa shape index (κ2) is 8.32. The first kappa shape index (κ1) is 17.7. The van der Waals surface area contributed by atoms with Crippen molar-refractivity contribution in [3.05, 3.63) is 65.3 Å². The van der Waals surface area contributed by atoms with Crippen LogP contribution in [0.25, 0.3) is 10.9 Å². The van der Waals surface area contributed by atoms with E-state index in [-0.39, 0.29) is 0 Å². The van der Waals surface area contributed by atoms with Crippen molar-refractivity contribution in [3.63, 3.8) is 0 Å². The molecule has 0 aliphatic carbocycles. The molecule has 0 bridgehead atoms. The van der Waals surface area contributed by atoms with Gasteiger partial charge in [-0.15, -0.1) is 0 Å². The van der Waals surface area contributed by atoms with Crippen molar-refractivity contribution in [2.45, 2.75) is 6.42 Å². The number of pyridine rings is 1. The highest BCUT2D eigenvalue weighted by molar-refractivity contribution is 6.31. The standard InChI is InChI=1S/C20H18ClN5/c1-26(12-2-10-22)17-6-3-15(4-7-17)14-24-25-19-9-11-23-20-13-16(21)5-8-18(19)20/h3-9,11,13-14H,2,12H2,1H3,(H,23,25)/b24-14-. The molecule has 1 heterocycles. The number of nitrogens with one attached hydrogen (secondary N) is 1. The number of anilines is 2. The molecule has 0 fully saturated rings. The zero-order valence-corrected chi connectivity index (χ0v) is 15.1. The first-order valence-electron chi connectivity index (χ1n) is 8.19. The molecule has 1 N–H and O–H groups in total. The topological polar surface area (TPSA) is 64.3 Å². The number of hydrogen-bond acceptors (Lipinski definition) is 5. The molecular formula is C20H18ClN5. The average Bonchev–Trinajstić information content (AvgIpc) is 2.66. The minimum atomic E-state index is 0.509. The third-order valence-corrected chi connectivity index (χ3v) is 4.23. The summed E-state index contributed by atoms with van der Waals surface area (Å²) in [6.45, 7) is 0.713. The molecule has 0 saturated carbocycles. The van der Waals surface area contributed by atoms with E-state index in [2.05, 4.69) is 26.5 Å². The summed E-state index contributed by atoms with van der Waals surface area (Å²) in [4.78, 5) is 6.37. The molecule has 2 aromatic carbocycles. The lowest BCUT2D eigenvalue weighted by atomic mass is 10.2. The average molecular weight is 364 g/mol. The Labute approximate surface area is 157 Å². The van der Waals surface area contributed by atoms with Gasteiger partial charge in [-0.2, -0.15) is 10.4 Å². The first-order valence-corrected chi connectivity index (χ1v) is 8.56. The Bertz CT molecular complexity index is 960. The van der Waals surface area contributed by atoms with Crippen LogP contribution in [0.1, 0.15) is 12.0 Å². The summed E-state index contributed by atoms with van der Waals surface area (Å²) in [5.74, 6) is 0. The van der Waals surface area contributed by atoms with Gasteiger partial charge in [-0.25, -0.2) is 0 Å². The predicted octanol–water partition coefficient (Wildman–Crippen LogP) is 4.68. The summed E-state index contributed by atoms with van der Waals surface area (Å²) in [5, 5.41) is 14.6. The number of hydrogen-bond donors (Lipinski definition) is 1. The van der Waals surface area contributed by atoms with Crippen LogP contribution >= 0.6 is 11.6 Å². The lowest BCUT2D eigenvalue weighted by molar-refractivity contribution is 0.905. The number of benzene rings is 2. The molecule has 3 aromatic rings. The Balaban J connectivity index is 1.68. The van der Waals surface area contributed by atoms with Gasteiger partial charge in [0.2, 0.25) is 0 Å². The molecular weight excluding hydrogens is 346 g/mol. The number of fused-ring (bicyclic) bond motifs is 1. The lowest BCUT2D eigenvalue weighted by Crippen LogP contribution is -2.17. The van der Waals surface area contributed by atoms with Crippen LogP contribution in [0.3, 0.4) is 0 Å². The van der Waals surface area contributed by atoms with E-state index in [9.17, 15) is 0 Å². The molecule has 1 aromatic heterocycles. The second-order valence-corrected chi connectivity index (χ2v) is 6.25. The van der Waals surface area contributed by atoms with Gasteiger partial charge in [-0.05, 0) is 42.0 Å². The van der Waals surface area contributed by atoms with E-state index in [0.29, 0.717) is 18.0 Å². The van der Waals surface area contributed by atoms with Crippen LogP contribution in [0.5, 0.6) is 0 Å². The molecule has 0 saturated heterocycles. The predicted molar refractivity (Wildman–Crippen MR) is 108 cm³/mol. The summed E-state index contributed by atoms with van der Waals surface area (Å²) in [6.07, 6.45) is 4.00. The second-order valence-electron chi connectivity index (χ2n) is 5.81. The van der Waals surface area contributed by atoms with Crippen LogP contribution in [0.2, 0.25) is 5.02 Å². The zero-order valence-electron chi connectivity index (χ0n) is 14.4. The molecule has 3 rings (SSSR count). The molecule has 130 valence electrons. The van der Waals surface area contributed by atoms with Crippen LogP contribution in [0.15, 0.2) is 59.8 Å². The van der Waals surface area contributed by atoms with Crippen LogP contribution < -0.4 is 10.3 Å². The maximum atomic E-state index is 8.67. The van der Waals surface area contributed by atoms with Crippen LogP contribution in [-0.4, -0.2) is 24.8 Å². The van der Waals surface area contributed by atoms with Crippen molar-refractivity contribution in [1.82, 2.24) is 4.98 Å². The molecule has 6 heteroatoms. The SMILES string of the molecule is CN(CCC#N)c1ccc(/C=N\Nc2ccnc3cc(Cl)ccc23)cc1. The number of nitrogens with zero attached hydrogens (tertiary/aromatic N) is 4. The van der Waals surface area contributed by atoms with Crippen molar-refractivity contribution in [2.75, 3.05) is 23.9 Å². The van der Waals surface area contributed by atoms with Gasteiger partial charge in [0, 0.05) is 35.9 Å². The number of rotatable bonds is 6. The molecule has 0 atom stereocenters. The number of hydrazone groups is 1. The fourth-order valence-corrected chi connectivity index (χ4v) is 2.72. The summed E-state index contributed by atoms with van der Waals surface area (Å²) in [6, 6.07) is 17.6. The third kappa shape index (κ3) is 4.29. The third-order valence-electron chi connectivity index (χ3n) is 4.00. The highest BCUT2D eigenvalue weighted by Gasteiger charge is 2.02. The van der Waals surface area contributed by atoms with E-state index in [1.807, 2.05) is 55.6 Å². The van der Waals surface area contributed by atoms with Crippen molar-refractivity contribution in [3.8, 4) is 6.07 Å². The Hall–Kier alpha value is -3.10. The van der Waals surface area contributed by atoms with E-state index in [1.165, 1.54) is 0 Å². The molecule has 0 aliphatic rings. The minimum absolute atomic E-state index is 0.509. The van der Waals surface area contributed by atoms with Crippen molar-refractivity contribution < 1.29 is 0 Å². The minimum Gasteiger partial charge on any atom is -0.374 e. The smallest absolute Gasteiger partial charge is 0.0738 e. The van der Waals surface area contributed by atoms with E-state index in [1.54, 1.807) is 12.4 Å². The van der Waals surface area contributed by atoms with Crippen LogP contribution in [0, 0.1) is 11.3 Å². The maximum absolute atomic E-state index is 8.67. The Morgan fingerprint density at radius 3 is 2.81 bits per heavy atom. The lowest BCUT2D eigenvalue weighted by Gasteiger charge is -2.17. The van der Waals surface area contributed by atoms with Crippen molar-refractivity contribution in [2.24, 2.45) is 5.10 Å². The summed E-state index contributed by atoms with van der Waals surface area (Å²) >= 11 is 6.01. The molecule has 0 aliphatic heterocycles. The summed E-state index contributed by atoms with van der Waals surface area (Å²) in [7, 11) is 1.97. The van der Waals surface area contributed by atoms with Gasteiger partial charge in [0.25, 0.3) is 0 Å².